The zero-order valence-corrected chi connectivity index (χ0v) is 7.96. The average Bonchev–Trinajstić information content (AvgIpc) is 2.36. The second kappa shape index (κ2) is 2.76. The summed E-state index contributed by atoms with van der Waals surface area (Å²) in [5.41, 5.74) is 2.93. The molecule has 0 spiro atoms. The van der Waals surface area contributed by atoms with Crippen molar-refractivity contribution in [3.8, 4) is 0 Å². The van der Waals surface area contributed by atoms with Crippen LogP contribution in [0.4, 0.5) is 0 Å². The first-order chi connectivity index (χ1) is 5.27. The Labute approximate surface area is 77.8 Å². The van der Waals surface area contributed by atoms with Crippen LogP contribution >= 0.6 is 25.3 Å². The maximum atomic E-state index is 4.32. The molecule has 1 aliphatic rings. The van der Waals surface area contributed by atoms with Crippen LogP contribution in [0.3, 0.4) is 0 Å². The normalized spacial score (nSPS) is 15.1. The minimum Gasteiger partial charge on any atom is -0.142 e. The first kappa shape index (κ1) is 7.56. The molecule has 1 aliphatic carbocycles. The molecule has 2 rings (SSSR count). The van der Waals surface area contributed by atoms with Gasteiger partial charge in [-0.1, -0.05) is 0 Å². The fourth-order valence-corrected chi connectivity index (χ4v) is 2.04. The van der Waals surface area contributed by atoms with Crippen LogP contribution in [-0.2, 0) is 12.8 Å². The van der Waals surface area contributed by atoms with Crippen molar-refractivity contribution >= 4 is 25.3 Å². The molecular weight excluding hydrogens is 172 g/mol. The van der Waals surface area contributed by atoms with E-state index in [4.69, 9.17) is 0 Å². The van der Waals surface area contributed by atoms with Crippen molar-refractivity contribution in [2.75, 3.05) is 0 Å². The fourth-order valence-electron chi connectivity index (χ4n) is 1.60. The molecule has 58 valence electrons. The van der Waals surface area contributed by atoms with Crippen LogP contribution in [0.5, 0.6) is 0 Å². The van der Waals surface area contributed by atoms with Gasteiger partial charge in [-0.3, -0.25) is 0 Å². The summed E-state index contributed by atoms with van der Waals surface area (Å²) in [5.74, 6) is 0. The lowest BCUT2D eigenvalue weighted by atomic mass is 10.1. The molecule has 0 aromatic heterocycles. The number of fused-ring (bicyclic) bond motifs is 1. The zero-order chi connectivity index (χ0) is 7.84. The van der Waals surface area contributed by atoms with E-state index in [0.717, 1.165) is 9.79 Å². The van der Waals surface area contributed by atoms with Gasteiger partial charge in [0.15, 0.2) is 0 Å². The smallest absolute Gasteiger partial charge is 0.0177 e. The van der Waals surface area contributed by atoms with Gasteiger partial charge in [0.05, 0.1) is 0 Å². The predicted octanol–water partition coefficient (Wildman–Crippen LogP) is 2.75. The van der Waals surface area contributed by atoms with Crippen molar-refractivity contribution in [3.05, 3.63) is 23.3 Å². The topological polar surface area (TPSA) is 0 Å². The van der Waals surface area contributed by atoms with Crippen LogP contribution in [0, 0.1) is 0 Å². The summed E-state index contributed by atoms with van der Waals surface area (Å²) in [7, 11) is 0. The molecule has 0 saturated carbocycles. The monoisotopic (exact) mass is 182 g/mol. The minimum absolute atomic E-state index is 1.01. The van der Waals surface area contributed by atoms with Crippen LogP contribution in [0.15, 0.2) is 21.9 Å². The third kappa shape index (κ3) is 1.30. The first-order valence-corrected chi connectivity index (χ1v) is 4.70. The molecule has 0 nitrogen and oxygen atoms in total. The van der Waals surface area contributed by atoms with E-state index in [1.165, 1.54) is 30.4 Å². The third-order valence-corrected chi connectivity index (χ3v) is 3.11. The third-order valence-electron chi connectivity index (χ3n) is 2.19. The van der Waals surface area contributed by atoms with E-state index in [9.17, 15) is 0 Å². The molecule has 0 amide bonds. The predicted molar refractivity (Wildman–Crippen MR) is 53.0 cm³/mol. The van der Waals surface area contributed by atoms with Crippen LogP contribution in [0.2, 0.25) is 0 Å². The highest BCUT2D eigenvalue weighted by atomic mass is 32.1. The molecule has 0 atom stereocenters. The summed E-state index contributed by atoms with van der Waals surface area (Å²) in [6.45, 7) is 0. The quantitative estimate of drug-likeness (QED) is 0.566. The van der Waals surface area contributed by atoms with E-state index >= 15 is 0 Å². The highest BCUT2D eigenvalue weighted by molar-refractivity contribution is 7.83. The maximum Gasteiger partial charge on any atom is 0.0177 e. The van der Waals surface area contributed by atoms with Crippen molar-refractivity contribution in [2.24, 2.45) is 0 Å². The van der Waals surface area contributed by atoms with Crippen molar-refractivity contribution < 1.29 is 0 Å². The summed E-state index contributed by atoms with van der Waals surface area (Å²) in [4.78, 5) is 2.02. The summed E-state index contributed by atoms with van der Waals surface area (Å²) in [5, 5.41) is 0. The van der Waals surface area contributed by atoms with Gasteiger partial charge in [0.2, 0.25) is 0 Å². The van der Waals surface area contributed by atoms with Crippen LogP contribution in [0.25, 0.3) is 0 Å². The van der Waals surface area contributed by atoms with Gasteiger partial charge in [0, 0.05) is 9.79 Å². The van der Waals surface area contributed by atoms with E-state index in [-0.39, 0.29) is 0 Å². The highest BCUT2D eigenvalue weighted by Gasteiger charge is 2.11. The fraction of sp³-hybridized carbons (Fsp3) is 0.333. The van der Waals surface area contributed by atoms with Crippen LogP contribution < -0.4 is 0 Å². The van der Waals surface area contributed by atoms with Gasteiger partial charge in [-0.2, -0.15) is 0 Å². The molecule has 0 fully saturated rings. The molecule has 2 heteroatoms. The standard InChI is InChI=1S/C9H10S2/c10-8-4-6-2-1-3-7(6)5-9(8)11/h4-5,10-11H,1-3H2. The van der Waals surface area contributed by atoms with Crippen LogP contribution in [0.1, 0.15) is 17.5 Å². The van der Waals surface area contributed by atoms with Crippen molar-refractivity contribution in [1.29, 1.82) is 0 Å². The Balaban J connectivity index is 2.57. The van der Waals surface area contributed by atoms with Crippen molar-refractivity contribution in [1.82, 2.24) is 0 Å². The molecule has 0 heterocycles. The Bertz CT molecular complexity index is 263. The van der Waals surface area contributed by atoms with Crippen molar-refractivity contribution in [2.45, 2.75) is 29.1 Å². The second-order valence-electron chi connectivity index (χ2n) is 2.96. The lowest BCUT2D eigenvalue weighted by molar-refractivity contribution is 0.911. The van der Waals surface area contributed by atoms with Gasteiger partial charge in [-0.05, 0) is 42.5 Å². The SMILES string of the molecule is Sc1cc2c(cc1S)CCC2. The van der Waals surface area contributed by atoms with Gasteiger partial charge in [-0.25, -0.2) is 0 Å². The zero-order valence-electron chi connectivity index (χ0n) is 6.17. The Morgan fingerprint density at radius 1 is 0.909 bits per heavy atom. The number of hydrogen-bond acceptors (Lipinski definition) is 2. The molecule has 0 bridgehead atoms. The van der Waals surface area contributed by atoms with Gasteiger partial charge in [0.1, 0.15) is 0 Å². The van der Waals surface area contributed by atoms with Gasteiger partial charge >= 0.3 is 0 Å². The first-order valence-electron chi connectivity index (χ1n) is 3.81. The van der Waals surface area contributed by atoms with Gasteiger partial charge in [-0.15, -0.1) is 25.3 Å². The Morgan fingerprint density at radius 3 is 1.82 bits per heavy atom. The van der Waals surface area contributed by atoms with Crippen LogP contribution in [-0.4, -0.2) is 0 Å². The number of thiol groups is 2. The summed E-state index contributed by atoms with van der Waals surface area (Å²) < 4.78 is 0. The highest BCUT2D eigenvalue weighted by Crippen LogP contribution is 2.28. The molecule has 0 aliphatic heterocycles. The minimum atomic E-state index is 1.01. The number of hydrogen-bond donors (Lipinski definition) is 2. The molecule has 0 saturated heterocycles. The molecule has 1 aromatic rings. The van der Waals surface area contributed by atoms with Gasteiger partial charge < -0.3 is 0 Å². The Kier molecular flexibility index (Phi) is 1.90. The Hall–Kier alpha value is -0.0800. The van der Waals surface area contributed by atoms with E-state index in [2.05, 4.69) is 37.4 Å². The van der Waals surface area contributed by atoms with E-state index in [1.807, 2.05) is 0 Å². The largest absolute Gasteiger partial charge is 0.142 e. The maximum absolute atomic E-state index is 4.32. The lowest BCUT2D eigenvalue weighted by Gasteiger charge is -2.02. The number of benzene rings is 1. The molecule has 0 N–H and O–H groups in total. The van der Waals surface area contributed by atoms with E-state index < -0.39 is 0 Å². The Morgan fingerprint density at radius 2 is 1.36 bits per heavy atom. The number of rotatable bonds is 0. The van der Waals surface area contributed by atoms with E-state index in [0.29, 0.717) is 0 Å². The molecule has 0 radical (unpaired) electrons. The average molecular weight is 182 g/mol. The summed E-state index contributed by atoms with van der Waals surface area (Å²) >= 11 is 8.64. The van der Waals surface area contributed by atoms with Gasteiger partial charge in [0.25, 0.3) is 0 Å². The molecule has 11 heavy (non-hydrogen) atoms. The summed E-state index contributed by atoms with van der Waals surface area (Å²) in [6.07, 6.45) is 3.73. The van der Waals surface area contributed by atoms with E-state index in [1.54, 1.807) is 0 Å². The van der Waals surface area contributed by atoms with Crippen molar-refractivity contribution in [3.63, 3.8) is 0 Å². The lowest BCUT2D eigenvalue weighted by Crippen LogP contribution is -1.82. The molecule has 0 unspecified atom stereocenters. The second-order valence-corrected chi connectivity index (χ2v) is 3.93. The number of aryl methyl sites for hydroxylation is 2. The molecule has 1 aromatic carbocycles. The molecular formula is C9H10S2. The summed E-state index contributed by atoms with van der Waals surface area (Å²) in [6, 6.07) is 4.29.